The molecule has 1 aliphatic heterocycles. The number of methoxy groups -OCH3 is 1. The Balaban J connectivity index is 1.98. The van der Waals surface area contributed by atoms with Crippen molar-refractivity contribution in [2.24, 2.45) is 0 Å². The minimum absolute atomic E-state index is 0.0297. The Morgan fingerprint density at radius 2 is 2.00 bits per heavy atom. The summed E-state index contributed by atoms with van der Waals surface area (Å²) in [4.78, 5) is 17.1. The molecule has 0 bridgehead atoms. The van der Waals surface area contributed by atoms with Crippen molar-refractivity contribution in [1.29, 1.82) is 0 Å². The van der Waals surface area contributed by atoms with Gasteiger partial charge in [0.2, 0.25) is 0 Å². The third-order valence-electron chi connectivity index (χ3n) is 4.56. The number of nitrogen functional groups attached to an aromatic ring is 1. The number of nitrogens with zero attached hydrogens (tertiary/aromatic N) is 2. The molecule has 126 valence electrons. The molecular formula is C19H23N3O2. The lowest BCUT2D eigenvalue weighted by Gasteiger charge is -2.37. The lowest BCUT2D eigenvalue weighted by molar-refractivity contribution is 0.0980. The zero-order valence-corrected chi connectivity index (χ0v) is 14.3. The summed E-state index contributed by atoms with van der Waals surface area (Å²) in [5.41, 5.74) is 9.12. The van der Waals surface area contributed by atoms with E-state index in [2.05, 4.69) is 25.1 Å². The fraction of sp³-hybridized carbons (Fsp3) is 0.316. The van der Waals surface area contributed by atoms with Crippen LogP contribution in [-0.4, -0.2) is 38.6 Å². The maximum Gasteiger partial charge on any atom is 0.258 e. The number of carbonyl (C=O) groups excluding carboxylic acids is 1. The minimum atomic E-state index is -0.0297. The maximum absolute atomic E-state index is 13.0. The summed E-state index contributed by atoms with van der Waals surface area (Å²) in [5, 5.41) is 0. The summed E-state index contributed by atoms with van der Waals surface area (Å²) in [7, 11) is 5.70. The number of para-hydroxylation sites is 1. The summed E-state index contributed by atoms with van der Waals surface area (Å²) in [5.74, 6) is 0.496. The molecule has 2 aromatic rings. The summed E-state index contributed by atoms with van der Waals surface area (Å²) in [6, 6.07) is 13.6. The molecule has 2 N–H and O–H groups in total. The fourth-order valence-corrected chi connectivity index (χ4v) is 3.29. The average Bonchev–Trinajstić information content (AvgIpc) is 2.60. The molecule has 1 unspecified atom stereocenters. The molecule has 2 aromatic carbocycles. The number of fused-ring (bicyclic) bond motifs is 1. The van der Waals surface area contributed by atoms with Crippen molar-refractivity contribution in [3.8, 4) is 5.75 Å². The van der Waals surface area contributed by atoms with Gasteiger partial charge in [-0.05, 0) is 50.3 Å². The highest BCUT2D eigenvalue weighted by Crippen LogP contribution is 2.37. The summed E-state index contributed by atoms with van der Waals surface area (Å²) in [6.07, 6.45) is 0.905. The van der Waals surface area contributed by atoms with Crippen molar-refractivity contribution in [2.45, 2.75) is 12.5 Å². The molecule has 1 amide bonds. The van der Waals surface area contributed by atoms with Crippen LogP contribution >= 0.6 is 0 Å². The Morgan fingerprint density at radius 3 is 2.71 bits per heavy atom. The number of benzene rings is 2. The summed E-state index contributed by atoms with van der Waals surface area (Å²) >= 11 is 0. The number of rotatable bonds is 3. The van der Waals surface area contributed by atoms with Crippen LogP contribution < -0.4 is 15.4 Å². The predicted molar refractivity (Wildman–Crippen MR) is 96.6 cm³/mol. The summed E-state index contributed by atoms with van der Waals surface area (Å²) < 4.78 is 5.24. The van der Waals surface area contributed by atoms with Gasteiger partial charge in [0.25, 0.3) is 5.91 Å². The molecule has 0 saturated heterocycles. The van der Waals surface area contributed by atoms with Crippen LogP contribution in [0.15, 0.2) is 42.5 Å². The number of hydrogen-bond acceptors (Lipinski definition) is 4. The van der Waals surface area contributed by atoms with Gasteiger partial charge in [-0.1, -0.05) is 18.2 Å². The van der Waals surface area contributed by atoms with Crippen LogP contribution in [0.2, 0.25) is 0 Å². The molecule has 5 heteroatoms. The Bertz CT molecular complexity index is 758. The molecule has 0 fully saturated rings. The van der Waals surface area contributed by atoms with Crippen molar-refractivity contribution in [3.05, 3.63) is 53.6 Å². The monoisotopic (exact) mass is 325 g/mol. The molecule has 3 rings (SSSR count). The topological polar surface area (TPSA) is 58.8 Å². The molecule has 1 atom stereocenters. The second-order valence-electron chi connectivity index (χ2n) is 6.24. The van der Waals surface area contributed by atoms with Gasteiger partial charge in [-0.15, -0.1) is 0 Å². The van der Waals surface area contributed by atoms with Gasteiger partial charge in [-0.2, -0.15) is 0 Å². The number of anilines is 2. The fourth-order valence-electron chi connectivity index (χ4n) is 3.29. The van der Waals surface area contributed by atoms with E-state index in [0.29, 0.717) is 29.6 Å². The normalized spacial score (nSPS) is 16.8. The second kappa shape index (κ2) is 6.53. The maximum atomic E-state index is 13.0. The molecule has 1 aliphatic rings. The number of ether oxygens (including phenoxy) is 1. The van der Waals surface area contributed by atoms with E-state index < -0.39 is 0 Å². The second-order valence-corrected chi connectivity index (χ2v) is 6.24. The first-order valence-corrected chi connectivity index (χ1v) is 8.03. The van der Waals surface area contributed by atoms with Gasteiger partial charge in [-0.25, -0.2) is 0 Å². The number of hydrogen-bond donors (Lipinski definition) is 1. The Kier molecular flexibility index (Phi) is 4.44. The Labute approximate surface area is 142 Å². The number of amides is 1. The molecule has 0 radical (unpaired) electrons. The van der Waals surface area contributed by atoms with Crippen LogP contribution in [-0.2, 0) is 0 Å². The van der Waals surface area contributed by atoms with E-state index in [1.54, 1.807) is 25.3 Å². The summed E-state index contributed by atoms with van der Waals surface area (Å²) in [6.45, 7) is 0.686. The lowest BCUT2D eigenvalue weighted by Crippen LogP contribution is -2.39. The zero-order chi connectivity index (χ0) is 17.3. The van der Waals surface area contributed by atoms with Gasteiger partial charge in [-0.3, -0.25) is 4.79 Å². The van der Waals surface area contributed by atoms with Gasteiger partial charge < -0.3 is 20.3 Å². The van der Waals surface area contributed by atoms with Gasteiger partial charge in [0.1, 0.15) is 5.75 Å². The van der Waals surface area contributed by atoms with E-state index in [9.17, 15) is 4.79 Å². The van der Waals surface area contributed by atoms with E-state index in [1.165, 1.54) is 5.56 Å². The van der Waals surface area contributed by atoms with Crippen LogP contribution in [0.1, 0.15) is 28.4 Å². The first-order chi connectivity index (χ1) is 11.5. The third-order valence-corrected chi connectivity index (χ3v) is 4.56. The first-order valence-electron chi connectivity index (χ1n) is 8.03. The Morgan fingerprint density at radius 1 is 1.25 bits per heavy atom. The van der Waals surface area contributed by atoms with E-state index >= 15 is 0 Å². The molecule has 0 aliphatic carbocycles. The highest BCUT2D eigenvalue weighted by Gasteiger charge is 2.30. The average molecular weight is 325 g/mol. The highest BCUT2D eigenvalue weighted by molar-refractivity contribution is 6.07. The number of nitrogens with two attached hydrogens (primary N) is 1. The Hall–Kier alpha value is -2.53. The van der Waals surface area contributed by atoms with Gasteiger partial charge in [0.15, 0.2) is 0 Å². The van der Waals surface area contributed by atoms with E-state index in [-0.39, 0.29) is 5.91 Å². The van der Waals surface area contributed by atoms with Gasteiger partial charge in [0, 0.05) is 23.8 Å². The van der Waals surface area contributed by atoms with Gasteiger partial charge >= 0.3 is 0 Å². The van der Waals surface area contributed by atoms with Crippen LogP contribution in [0, 0.1) is 0 Å². The zero-order valence-electron chi connectivity index (χ0n) is 14.3. The van der Waals surface area contributed by atoms with Crippen LogP contribution in [0.3, 0.4) is 0 Å². The largest absolute Gasteiger partial charge is 0.495 e. The van der Waals surface area contributed by atoms with Crippen LogP contribution in [0.4, 0.5) is 11.4 Å². The molecule has 0 saturated carbocycles. The van der Waals surface area contributed by atoms with Crippen molar-refractivity contribution < 1.29 is 9.53 Å². The lowest BCUT2D eigenvalue weighted by atomic mass is 9.95. The molecular weight excluding hydrogens is 302 g/mol. The molecule has 5 nitrogen and oxygen atoms in total. The molecule has 0 spiro atoms. The standard InChI is InChI=1S/C19H23N3O2/c1-21(2)16-10-11-22(17-7-5-4-6-14(16)17)19(23)13-8-9-15(20)18(12-13)24-3/h4-9,12,16H,10-11,20H2,1-3H3. The predicted octanol–water partition coefficient (Wildman–Crippen LogP) is 2.93. The van der Waals surface area contributed by atoms with Crippen molar-refractivity contribution >= 4 is 17.3 Å². The van der Waals surface area contributed by atoms with E-state index in [1.807, 2.05) is 23.1 Å². The molecule has 0 aromatic heterocycles. The van der Waals surface area contributed by atoms with Crippen molar-refractivity contribution in [1.82, 2.24) is 4.90 Å². The molecule has 24 heavy (non-hydrogen) atoms. The van der Waals surface area contributed by atoms with Crippen molar-refractivity contribution in [3.63, 3.8) is 0 Å². The highest BCUT2D eigenvalue weighted by atomic mass is 16.5. The smallest absolute Gasteiger partial charge is 0.258 e. The van der Waals surface area contributed by atoms with Gasteiger partial charge in [0.05, 0.1) is 12.8 Å². The first kappa shape index (κ1) is 16.3. The van der Waals surface area contributed by atoms with Crippen LogP contribution in [0.25, 0.3) is 0 Å². The quantitative estimate of drug-likeness (QED) is 0.882. The SMILES string of the molecule is COc1cc(C(=O)N2CCC(N(C)C)c3ccccc32)ccc1N. The van der Waals surface area contributed by atoms with Crippen LogP contribution in [0.5, 0.6) is 5.75 Å². The minimum Gasteiger partial charge on any atom is -0.495 e. The van der Waals surface area contributed by atoms with E-state index in [0.717, 1.165) is 12.1 Å². The third kappa shape index (κ3) is 2.83. The molecule has 1 heterocycles. The van der Waals surface area contributed by atoms with E-state index in [4.69, 9.17) is 10.5 Å². The number of carbonyl (C=O) groups is 1. The van der Waals surface area contributed by atoms with Crippen molar-refractivity contribution in [2.75, 3.05) is 38.4 Å².